The van der Waals surface area contributed by atoms with Crippen molar-refractivity contribution in [3.63, 3.8) is 0 Å². The molecule has 0 aliphatic rings. The minimum absolute atomic E-state index is 0.378. The molecule has 0 fully saturated rings. The zero-order valence-electron chi connectivity index (χ0n) is 14.7. The first kappa shape index (κ1) is 17.8. The van der Waals surface area contributed by atoms with Crippen molar-refractivity contribution in [1.82, 2.24) is 15.2 Å². The fourth-order valence-corrected chi connectivity index (χ4v) is 2.68. The molecule has 1 aromatic heterocycles. The highest BCUT2D eigenvalue weighted by molar-refractivity contribution is 6.30. The van der Waals surface area contributed by atoms with E-state index in [1.165, 1.54) is 0 Å². The Morgan fingerprint density at radius 2 is 1.54 bits per heavy atom. The Kier molecular flexibility index (Phi) is 5.31. The van der Waals surface area contributed by atoms with Crippen LogP contribution in [0.4, 0.5) is 23.1 Å². The normalized spacial score (nSPS) is 10.3. The van der Waals surface area contributed by atoms with E-state index in [4.69, 9.17) is 16.3 Å². The van der Waals surface area contributed by atoms with Gasteiger partial charge in [0.15, 0.2) is 5.82 Å². The highest BCUT2D eigenvalue weighted by Crippen LogP contribution is 2.24. The number of rotatable bonds is 6. The van der Waals surface area contributed by atoms with Crippen molar-refractivity contribution in [3.05, 3.63) is 90.1 Å². The Bertz CT molecular complexity index is 1060. The second-order valence-corrected chi connectivity index (χ2v) is 6.30. The van der Waals surface area contributed by atoms with Crippen molar-refractivity contribution in [2.75, 3.05) is 10.6 Å². The Morgan fingerprint density at radius 1 is 0.750 bits per heavy atom. The molecule has 0 saturated heterocycles. The van der Waals surface area contributed by atoms with Gasteiger partial charge in [0.1, 0.15) is 11.5 Å². The third-order valence-electron chi connectivity index (χ3n) is 3.75. The standard InChI is InChI=1S/C21H16ClN5O/c22-15-5-4-6-17(13-15)24-20-14-23-27-21(26-20)25-16-9-11-19(12-10-16)28-18-7-2-1-3-8-18/h1-14H,(H2,24,25,26,27). The van der Waals surface area contributed by atoms with E-state index in [0.29, 0.717) is 16.8 Å². The van der Waals surface area contributed by atoms with E-state index in [1.807, 2.05) is 78.9 Å². The van der Waals surface area contributed by atoms with Crippen LogP contribution in [0.3, 0.4) is 0 Å². The Balaban J connectivity index is 1.42. The number of aromatic nitrogens is 3. The summed E-state index contributed by atoms with van der Waals surface area (Å²) in [6, 6.07) is 24.5. The second-order valence-electron chi connectivity index (χ2n) is 5.87. The second kappa shape index (κ2) is 8.37. The molecule has 6 nitrogen and oxygen atoms in total. The molecule has 2 N–H and O–H groups in total. The number of ether oxygens (including phenoxy) is 1. The molecule has 138 valence electrons. The first-order valence-corrected chi connectivity index (χ1v) is 8.95. The summed E-state index contributed by atoms with van der Waals surface area (Å²) in [5.41, 5.74) is 1.64. The van der Waals surface area contributed by atoms with Gasteiger partial charge in [-0.05, 0) is 54.6 Å². The lowest BCUT2D eigenvalue weighted by molar-refractivity contribution is 0.483. The van der Waals surface area contributed by atoms with Gasteiger partial charge < -0.3 is 15.4 Å². The first-order chi connectivity index (χ1) is 13.7. The van der Waals surface area contributed by atoms with Gasteiger partial charge in [0.05, 0.1) is 6.20 Å². The average Bonchev–Trinajstić information content (AvgIpc) is 2.71. The molecule has 0 saturated carbocycles. The van der Waals surface area contributed by atoms with Crippen molar-refractivity contribution >= 4 is 34.7 Å². The molecule has 3 aromatic carbocycles. The van der Waals surface area contributed by atoms with Crippen molar-refractivity contribution in [3.8, 4) is 11.5 Å². The van der Waals surface area contributed by atoms with Crippen LogP contribution in [0.1, 0.15) is 0 Å². The molecule has 4 rings (SSSR count). The van der Waals surface area contributed by atoms with E-state index in [-0.39, 0.29) is 0 Å². The summed E-state index contributed by atoms with van der Waals surface area (Å²) in [5, 5.41) is 14.9. The summed E-state index contributed by atoms with van der Waals surface area (Å²) in [6.07, 6.45) is 1.54. The van der Waals surface area contributed by atoms with Crippen LogP contribution >= 0.6 is 11.6 Å². The van der Waals surface area contributed by atoms with Crippen LogP contribution < -0.4 is 15.4 Å². The molecule has 0 unspecified atom stereocenters. The van der Waals surface area contributed by atoms with Crippen molar-refractivity contribution in [2.24, 2.45) is 0 Å². The fourth-order valence-electron chi connectivity index (χ4n) is 2.49. The smallest absolute Gasteiger partial charge is 0.249 e. The van der Waals surface area contributed by atoms with Crippen LogP contribution in [0.15, 0.2) is 85.1 Å². The van der Waals surface area contributed by atoms with Gasteiger partial charge in [-0.1, -0.05) is 35.9 Å². The first-order valence-electron chi connectivity index (χ1n) is 8.57. The van der Waals surface area contributed by atoms with Crippen molar-refractivity contribution in [1.29, 1.82) is 0 Å². The van der Waals surface area contributed by atoms with Gasteiger partial charge in [-0.3, -0.25) is 0 Å². The number of para-hydroxylation sites is 1. The summed E-state index contributed by atoms with van der Waals surface area (Å²) in [4.78, 5) is 4.41. The SMILES string of the molecule is Clc1cccc(Nc2cnnc(Nc3ccc(Oc4ccccc4)cc3)n2)c1. The van der Waals surface area contributed by atoms with Crippen LogP contribution in [0.2, 0.25) is 5.02 Å². The maximum absolute atomic E-state index is 6.00. The van der Waals surface area contributed by atoms with Crippen molar-refractivity contribution in [2.45, 2.75) is 0 Å². The Morgan fingerprint density at radius 3 is 2.32 bits per heavy atom. The average molecular weight is 390 g/mol. The molecule has 1 heterocycles. The molecule has 0 amide bonds. The van der Waals surface area contributed by atoms with E-state index >= 15 is 0 Å². The molecule has 0 bridgehead atoms. The number of anilines is 4. The van der Waals surface area contributed by atoms with Crippen LogP contribution in [0, 0.1) is 0 Å². The molecule has 0 aliphatic carbocycles. The van der Waals surface area contributed by atoms with Gasteiger partial charge in [-0.25, -0.2) is 0 Å². The number of benzene rings is 3. The molecule has 4 aromatic rings. The van der Waals surface area contributed by atoms with E-state index in [0.717, 1.165) is 22.9 Å². The van der Waals surface area contributed by atoms with E-state index in [1.54, 1.807) is 6.20 Å². The van der Waals surface area contributed by atoms with Crippen LogP contribution in [-0.2, 0) is 0 Å². The predicted octanol–water partition coefficient (Wildman–Crippen LogP) is 5.80. The number of nitrogens with one attached hydrogen (secondary N) is 2. The topological polar surface area (TPSA) is 72.0 Å². The van der Waals surface area contributed by atoms with Gasteiger partial charge >= 0.3 is 0 Å². The van der Waals surface area contributed by atoms with Crippen LogP contribution in [0.5, 0.6) is 11.5 Å². The lowest BCUT2D eigenvalue weighted by Crippen LogP contribution is -2.02. The zero-order chi connectivity index (χ0) is 19.2. The van der Waals surface area contributed by atoms with Gasteiger partial charge in [-0.2, -0.15) is 10.1 Å². The van der Waals surface area contributed by atoms with Gasteiger partial charge in [-0.15, -0.1) is 5.10 Å². The van der Waals surface area contributed by atoms with E-state index < -0.39 is 0 Å². The largest absolute Gasteiger partial charge is 0.457 e. The minimum Gasteiger partial charge on any atom is -0.457 e. The third-order valence-corrected chi connectivity index (χ3v) is 3.98. The minimum atomic E-state index is 0.378. The molecule has 0 aliphatic heterocycles. The highest BCUT2D eigenvalue weighted by atomic mass is 35.5. The fraction of sp³-hybridized carbons (Fsp3) is 0. The summed E-state index contributed by atoms with van der Waals surface area (Å²) in [5.74, 6) is 2.47. The quantitative estimate of drug-likeness (QED) is 0.434. The number of hydrogen-bond donors (Lipinski definition) is 2. The molecule has 0 spiro atoms. The predicted molar refractivity (Wildman–Crippen MR) is 111 cm³/mol. The Hall–Kier alpha value is -3.64. The molecule has 0 radical (unpaired) electrons. The third kappa shape index (κ3) is 4.75. The van der Waals surface area contributed by atoms with Crippen LogP contribution in [-0.4, -0.2) is 15.2 Å². The summed E-state index contributed by atoms with van der Waals surface area (Å²) < 4.78 is 5.79. The van der Waals surface area contributed by atoms with E-state index in [2.05, 4.69) is 25.8 Å². The summed E-state index contributed by atoms with van der Waals surface area (Å²) in [7, 11) is 0. The Labute approximate surface area is 167 Å². The zero-order valence-corrected chi connectivity index (χ0v) is 15.5. The molecule has 7 heteroatoms. The summed E-state index contributed by atoms with van der Waals surface area (Å²) >= 11 is 6.00. The highest BCUT2D eigenvalue weighted by Gasteiger charge is 2.04. The lowest BCUT2D eigenvalue weighted by Gasteiger charge is -2.09. The molecule has 0 atom stereocenters. The summed E-state index contributed by atoms with van der Waals surface area (Å²) in [6.45, 7) is 0. The number of nitrogens with zero attached hydrogens (tertiary/aromatic N) is 3. The van der Waals surface area contributed by atoms with Crippen molar-refractivity contribution < 1.29 is 4.74 Å². The monoisotopic (exact) mass is 389 g/mol. The maximum atomic E-state index is 6.00. The van der Waals surface area contributed by atoms with Gasteiger partial charge in [0.25, 0.3) is 0 Å². The van der Waals surface area contributed by atoms with Crippen LogP contribution in [0.25, 0.3) is 0 Å². The lowest BCUT2D eigenvalue weighted by atomic mass is 10.3. The van der Waals surface area contributed by atoms with Gasteiger partial charge in [0, 0.05) is 16.4 Å². The number of halogens is 1. The van der Waals surface area contributed by atoms with E-state index in [9.17, 15) is 0 Å². The number of hydrogen-bond acceptors (Lipinski definition) is 6. The molecular formula is C21H16ClN5O. The maximum Gasteiger partial charge on any atom is 0.249 e. The molecular weight excluding hydrogens is 374 g/mol. The molecule has 28 heavy (non-hydrogen) atoms. The van der Waals surface area contributed by atoms with Gasteiger partial charge in [0.2, 0.25) is 5.95 Å².